The van der Waals surface area contributed by atoms with Gasteiger partial charge in [0, 0.05) is 17.8 Å². The van der Waals surface area contributed by atoms with Crippen LogP contribution in [0.25, 0.3) is 0 Å². The van der Waals surface area contributed by atoms with Crippen molar-refractivity contribution in [3.8, 4) is 0 Å². The molecule has 1 saturated heterocycles. The topological polar surface area (TPSA) is 127 Å². The van der Waals surface area contributed by atoms with Crippen molar-refractivity contribution in [3.63, 3.8) is 0 Å². The van der Waals surface area contributed by atoms with Crippen molar-refractivity contribution in [3.05, 3.63) is 53.6 Å². The van der Waals surface area contributed by atoms with Crippen LogP contribution in [0.1, 0.15) is 28.8 Å². The van der Waals surface area contributed by atoms with Gasteiger partial charge in [-0.2, -0.15) is 0 Å². The molecule has 3 rings (SSSR count). The lowest BCUT2D eigenvalue weighted by atomic mass is 10.2. The van der Waals surface area contributed by atoms with Crippen LogP contribution >= 0.6 is 0 Å². The molecule has 0 saturated carbocycles. The lowest BCUT2D eigenvalue weighted by Gasteiger charge is -2.28. The SMILES string of the molecule is Cc1cc(N2CCCCS2(=O)=O)ccc1S(=O)(=O)Nc1ccc(C(N)=O)cc1. The van der Waals surface area contributed by atoms with Gasteiger partial charge in [-0.05, 0) is 67.8 Å². The van der Waals surface area contributed by atoms with Gasteiger partial charge in [-0.3, -0.25) is 13.8 Å². The molecule has 0 atom stereocenters. The Morgan fingerprint density at radius 3 is 2.36 bits per heavy atom. The van der Waals surface area contributed by atoms with Gasteiger partial charge in [0.2, 0.25) is 15.9 Å². The van der Waals surface area contributed by atoms with Crippen LogP contribution in [0.5, 0.6) is 0 Å². The summed E-state index contributed by atoms with van der Waals surface area (Å²) in [6.07, 6.45) is 1.39. The normalized spacial score (nSPS) is 16.5. The summed E-state index contributed by atoms with van der Waals surface area (Å²) in [5.41, 5.74) is 6.62. The molecule has 1 heterocycles. The summed E-state index contributed by atoms with van der Waals surface area (Å²) in [5.74, 6) is -0.511. The molecule has 1 amide bonds. The maximum atomic E-state index is 12.7. The third-order valence-corrected chi connectivity index (χ3v) is 7.92. The van der Waals surface area contributed by atoms with E-state index in [1.54, 1.807) is 13.0 Å². The average Bonchev–Trinajstić information content (AvgIpc) is 2.61. The van der Waals surface area contributed by atoms with Gasteiger partial charge < -0.3 is 5.73 Å². The van der Waals surface area contributed by atoms with E-state index in [1.807, 2.05) is 0 Å². The van der Waals surface area contributed by atoms with E-state index in [-0.39, 0.29) is 21.9 Å². The minimum absolute atomic E-state index is 0.0460. The summed E-state index contributed by atoms with van der Waals surface area (Å²) < 4.78 is 53.7. The predicted octanol–water partition coefficient (Wildman–Crippen LogP) is 1.82. The number of aryl methyl sites for hydroxylation is 1. The number of amides is 1. The number of carbonyl (C=O) groups excluding carboxylic acids is 1. The minimum Gasteiger partial charge on any atom is -0.366 e. The Labute approximate surface area is 164 Å². The molecular formula is C18H21N3O5S2. The second kappa shape index (κ2) is 7.44. The van der Waals surface area contributed by atoms with Gasteiger partial charge in [0.05, 0.1) is 16.3 Å². The van der Waals surface area contributed by atoms with Crippen molar-refractivity contribution in [1.29, 1.82) is 0 Å². The highest BCUT2D eigenvalue weighted by Crippen LogP contribution is 2.28. The molecule has 8 nitrogen and oxygen atoms in total. The first kappa shape index (κ1) is 20.2. The van der Waals surface area contributed by atoms with Crippen molar-refractivity contribution in [2.24, 2.45) is 5.73 Å². The fourth-order valence-electron chi connectivity index (χ4n) is 3.08. The fraction of sp³-hybridized carbons (Fsp3) is 0.278. The van der Waals surface area contributed by atoms with Gasteiger partial charge in [-0.1, -0.05) is 0 Å². The van der Waals surface area contributed by atoms with E-state index in [9.17, 15) is 21.6 Å². The number of rotatable bonds is 5. The minimum atomic E-state index is -3.89. The smallest absolute Gasteiger partial charge is 0.262 e. The van der Waals surface area contributed by atoms with E-state index in [0.29, 0.717) is 24.2 Å². The monoisotopic (exact) mass is 423 g/mol. The van der Waals surface area contributed by atoms with E-state index < -0.39 is 26.0 Å². The molecule has 0 aliphatic carbocycles. The van der Waals surface area contributed by atoms with Crippen molar-refractivity contribution in [1.82, 2.24) is 0 Å². The van der Waals surface area contributed by atoms with Crippen LogP contribution in [0, 0.1) is 6.92 Å². The number of anilines is 2. The van der Waals surface area contributed by atoms with Crippen LogP contribution < -0.4 is 14.8 Å². The largest absolute Gasteiger partial charge is 0.366 e. The van der Waals surface area contributed by atoms with Crippen LogP contribution in [0.3, 0.4) is 0 Å². The Hall–Kier alpha value is -2.59. The van der Waals surface area contributed by atoms with Crippen molar-refractivity contribution in [2.75, 3.05) is 21.3 Å². The summed E-state index contributed by atoms with van der Waals surface area (Å²) in [6.45, 7) is 2.00. The predicted molar refractivity (Wildman–Crippen MR) is 107 cm³/mol. The van der Waals surface area contributed by atoms with Crippen molar-refractivity contribution < 1.29 is 21.6 Å². The summed E-state index contributed by atoms with van der Waals surface area (Å²) >= 11 is 0. The number of nitrogens with one attached hydrogen (secondary N) is 1. The maximum Gasteiger partial charge on any atom is 0.262 e. The molecule has 1 aliphatic heterocycles. The van der Waals surface area contributed by atoms with E-state index in [4.69, 9.17) is 5.73 Å². The molecule has 0 aromatic heterocycles. The Bertz CT molecular complexity index is 1110. The highest BCUT2D eigenvalue weighted by Gasteiger charge is 2.27. The number of carbonyl (C=O) groups is 1. The molecule has 2 aromatic carbocycles. The van der Waals surface area contributed by atoms with Gasteiger partial charge >= 0.3 is 0 Å². The van der Waals surface area contributed by atoms with Crippen LogP contribution in [0.15, 0.2) is 47.4 Å². The molecule has 1 fully saturated rings. The lowest BCUT2D eigenvalue weighted by Crippen LogP contribution is -2.37. The van der Waals surface area contributed by atoms with E-state index in [2.05, 4.69) is 4.72 Å². The van der Waals surface area contributed by atoms with Crippen LogP contribution in [-0.2, 0) is 20.0 Å². The molecule has 3 N–H and O–H groups in total. The molecule has 150 valence electrons. The fourth-order valence-corrected chi connectivity index (χ4v) is 6.00. The third-order valence-electron chi connectivity index (χ3n) is 4.51. The Morgan fingerprint density at radius 2 is 1.79 bits per heavy atom. The second-order valence-corrected chi connectivity index (χ2v) is 10.3. The van der Waals surface area contributed by atoms with E-state index >= 15 is 0 Å². The Morgan fingerprint density at radius 1 is 1.11 bits per heavy atom. The van der Waals surface area contributed by atoms with Crippen molar-refractivity contribution in [2.45, 2.75) is 24.7 Å². The maximum absolute atomic E-state index is 12.7. The molecule has 28 heavy (non-hydrogen) atoms. The molecule has 10 heteroatoms. The molecule has 2 aromatic rings. The summed E-state index contributed by atoms with van der Waals surface area (Å²) in [5, 5.41) is 0. The van der Waals surface area contributed by atoms with Gasteiger partial charge in [0.25, 0.3) is 10.0 Å². The Kier molecular flexibility index (Phi) is 5.35. The first-order chi connectivity index (χ1) is 13.1. The number of hydrogen-bond acceptors (Lipinski definition) is 5. The summed E-state index contributed by atoms with van der Waals surface area (Å²) in [6, 6.07) is 10.2. The first-order valence-electron chi connectivity index (χ1n) is 8.64. The highest BCUT2D eigenvalue weighted by atomic mass is 32.2. The third kappa shape index (κ3) is 4.12. The van der Waals surface area contributed by atoms with Gasteiger partial charge in [-0.25, -0.2) is 16.8 Å². The zero-order valence-electron chi connectivity index (χ0n) is 15.3. The average molecular weight is 424 g/mol. The number of hydrogen-bond donors (Lipinski definition) is 2. The van der Waals surface area contributed by atoms with Crippen LogP contribution in [0.2, 0.25) is 0 Å². The first-order valence-corrected chi connectivity index (χ1v) is 11.7. The number of benzene rings is 2. The van der Waals surface area contributed by atoms with E-state index in [0.717, 1.165) is 6.42 Å². The molecule has 0 spiro atoms. The number of sulfonamides is 2. The standard InChI is InChI=1S/C18H21N3O5S2/c1-13-12-16(21-10-2-3-11-27(21,23)24)8-9-17(13)28(25,26)20-15-6-4-14(5-7-15)18(19)22/h4-9,12,20H,2-3,10-11H2,1H3,(H2,19,22). The summed E-state index contributed by atoms with van der Waals surface area (Å²) in [4.78, 5) is 11.2. The summed E-state index contributed by atoms with van der Waals surface area (Å²) in [7, 11) is -7.26. The zero-order valence-corrected chi connectivity index (χ0v) is 16.9. The molecule has 0 bridgehead atoms. The van der Waals surface area contributed by atoms with Crippen LogP contribution in [-0.4, -0.2) is 35.0 Å². The van der Waals surface area contributed by atoms with Crippen molar-refractivity contribution >= 4 is 37.3 Å². The van der Waals surface area contributed by atoms with Gasteiger partial charge in [0.1, 0.15) is 0 Å². The molecule has 0 radical (unpaired) electrons. The van der Waals surface area contributed by atoms with E-state index in [1.165, 1.54) is 40.7 Å². The second-order valence-electron chi connectivity index (χ2n) is 6.59. The molecule has 0 unspecified atom stereocenters. The number of nitrogens with two attached hydrogens (primary N) is 1. The lowest BCUT2D eigenvalue weighted by molar-refractivity contribution is 0.100. The highest BCUT2D eigenvalue weighted by molar-refractivity contribution is 7.93. The number of nitrogens with zero attached hydrogens (tertiary/aromatic N) is 1. The van der Waals surface area contributed by atoms with Gasteiger partial charge in [0.15, 0.2) is 0 Å². The van der Waals surface area contributed by atoms with Gasteiger partial charge in [-0.15, -0.1) is 0 Å². The quantitative estimate of drug-likeness (QED) is 0.758. The zero-order chi connectivity index (χ0) is 20.5. The Balaban J connectivity index is 1.87. The molecular weight excluding hydrogens is 402 g/mol. The number of primary amides is 1. The molecule has 1 aliphatic rings. The van der Waals surface area contributed by atoms with Crippen LogP contribution in [0.4, 0.5) is 11.4 Å².